The van der Waals surface area contributed by atoms with E-state index in [0.29, 0.717) is 0 Å². The van der Waals surface area contributed by atoms with Gasteiger partial charge < -0.3 is 0 Å². The van der Waals surface area contributed by atoms with Gasteiger partial charge in [-0.05, 0) is 29.7 Å². The molecule has 54 valence electrons. The molecule has 1 aromatic heterocycles. The van der Waals surface area contributed by atoms with E-state index in [1.807, 2.05) is 24.5 Å². The molecule has 0 atom stereocenters. The van der Waals surface area contributed by atoms with Gasteiger partial charge in [-0.25, -0.2) is 0 Å². The fourth-order valence-electron chi connectivity index (χ4n) is 1.22. The van der Waals surface area contributed by atoms with Crippen LogP contribution in [0.4, 0.5) is 0 Å². The Morgan fingerprint density at radius 1 is 1.18 bits per heavy atom. The van der Waals surface area contributed by atoms with Crippen molar-refractivity contribution in [3.63, 3.8) is 0 Å². The van der Waals surface area contributed by atoms with Crippen LogP contribution in [0, 0.1) is 0 Å². The van der Waals surface area contributed by atoms with Crippen LogP contribution in [0.1, 0.15) is 12.0 Å². The number of rotatable bonds is 1. The van der Waals surface area contributed by atoms with E-state index in [1.54, 1.807) is 0 Å². The number of aromatic nitrogens is 1. The standard InChI is InChI=1S/C10H9N/c1-2-4-9(3-1)10-5-7-11-8-6-10/h1,3-8H,2H2. The Bertz CT molecular complexity index is 296. The molecule has 1 aliphatic rings. The quantitative estimate of drug-likeness (QED) is 0.588. The summed E-state index contributed by atoms with van der Waals surface area (Å²) < 4.78 is 0. The SMILES string of the molecule is C1=CC(c2ccncc2)=CC1. The average Bonchev–Trinajstić information content (AvgIpc) is 2.58. The van der Waals surface area contributed by atoms with Gasteiger partial charge >= 0.3 is 0 Å². The molecule has 1 nitrogen and oxygen atoms in total. The summed E-state index contributed by atoms with van der Waals surface area (Å²) in [6, 6.07) is 4.06. The lowest BCUT2D eigenvalue weighted by Gasteiger charge is -1.96. The third-order valence-electron chi connectivity index (χ3n) is 1.78. The van der Waals surface area contributed by atoms with Gasteiger partial charge in [0.1, 0.15) is 0 Å². The van der Waals surface area contributed by atoms with Crippen LogP contribution in [0.5, 0.6) is 0 Å². The minimum Gasteiger partial charge on any atom is -0.265 e. The lowest BCUT2D eigenvalue weighted by atomic mass is 10.1. The molecule has 1 aliphatic carbocycles. The highest BCUT2D eigenvalue weighted by Gasteiger charge is 1.98. The first kappa shape index (κ1) is 6.35. The summed E-state index contributed by atoms with van der Waals surface area (Å²) in [5, 5.41) is 0. The van der Waals surface area contributed by atoms with Gasteiger partial charge in [-0.15, -0.1) is 0 Å². The zero-order chi connectivity index (χ0) is 7.52. The Morgan fingerprint density at radius 3 is 2.64 bits per heavy atom. The van der Waals surface area contributed by atoms with Crippen LogP contribution >= 0.6 is 0 Å². The van der Waals surface area contributed by atoms with Crippen molar-refractivity contribution in [2.24, 2.45) is 0 Å². The number of pyridine rings is 1. The van der Waals surface area contributed by atoms with Crippen molar-refractivity contribution in [2.45, 2.75) is 6.42 Å². The molecule has 1 heterocycles. The Labute approximate surface area is 66.1 Å². The van der Waals surface area contributed by atoms with E-state index in [1.165, 1.54) is 11.1 Å². The normalized spacial score (nSPS) is 15.1. The first-order valence-electron chi connectivity index (χ1n) is 3.74. The molecule has 0 unspecified atom stereocenters. The fraction of sp³-hybridized carbons (Fsp3) is 0.100. The van der Waals surface area contributed by atoms with Crippen LogP contribution in [-0.4, -0.2) is 4.98 Å². The zero-order valence-electron chi connectivity index (χ0n) is 6.20. The smallest absolute Gasteiger partial charge is 0.0273 e. The molecule has 1 heteroatoms. The van der Waals surface area contributed by atoms with Crippen LogP contribution in [0.25, 0.3) is 5.57 Å². The molecular weight excluding hydrogens is 134 g/mol. The van der Waals surface area contributed by atoms with Crippen LogP contribution in [0.15, 0.2) is 42.8 Å². The second kappa shape index (κ2) is 2.70. The number of allylic oxidation sites excluding steroid dienone is 4. The molecule has 0 aliphatic heterocycles. The third-order valence-corrected chi connectivity index (χ3v) is 1.78. The van der Waals surface area contributed by atoms with Crippen molar-refractivity contribution < 1.29 is 0 Å². The summed E-state index contributed by atoms with van der Waals surface area (Å²) in [7, 11) is 0. The highest BCUT2D eigenvalue weighted by atomic mass is 14.6. The fourth-order valence-corrected chi connectivity index (χ4v) is 1.22. The zero-order valence-corrected chi connectivity index (χ0v) is 6.20. The van der Waals surface area contributed by atoms with E-state index < -0.39 is 0 Å². The lowest BCUT2D eigenvalue weighted by Crippen LogP contribution is -1.77. The van der Waals surface area contributed by atoms with Crippen molar-refractivity contribution >= 4 is 5.57 Å². The van der Waals surface area contributed by atoms with Crippen molar-refractivity contribution in [1.29, 1.82) is 0 Å². The Hall–Kier alpha value is -1.37. The largest absolute Gasteiger partial charge is 0.265 e. The topological polar surface area (TPSA) is 12.9 Å². The minimum atomic E-state index is 1.07. The molecule has 0 saturated carbocycles. The van der Waals surface area contributed by atoms with Gasteiger partial charge in [-0.3, -0.25) is 4.98 Å². The molecule has 1 aromatic rings. The summed E-state index contributed by atoms with van der Waals surface area (Å²) in [4.78, 5) is 3.97. The van der Waals surface area contributed by atoms with Crippen molar-refractivity contribution in [2.75, 3.05) is 0 Å². The summed E-state index contributed by atoms with van der Waals surface area (Å²) in [6.07, 6.45) is 11.2. The summed E-state index contributed by atoms with van der Waals surface area (Å²) in [5.74, 6) is 0. The maximum absolute atomic E-state index is 3.97. The second-order valence-corrected chi connectivity index (χ2v) is 2.53. The summed E-state index contributed by atoms with van der Waals surface area (Å²) in [5.41, 5.74) is 2.57. The molecular formula is C10H9N. The number of hydrogen-bond donors (Lipinski definition) is 0. The average molecular weight is 143 g/mol. The Morgan fingerprint density at radius 2 is 2.00 bits per heavy atom. The molecule has 0 N–H and O–H groups in total. The summed E-state index contributed by atoms with van der Waals surface area (Å²) in [6.45, 7) is 0. The first-order valence-corrected chi connectivity index (χ1v) is 3.74. The van der Waals surface area contributed by atoms with E-state index in [9.17, 15) is 0 Å². The molecule has 0 spiro atoms. The van der Waals surface area contributed by atoms with Crippen LogP contribution in [-0.2, 0) is 0 Å². The highest BCUT2D eigenvalue weighted by molar-refractivity contribution is 5.75. The molecule has 0 bridgehead atoms. The van der Waals surface area contributed by atoms with E-state index in [4.69, 9.17) is 0 Å². The monoisotopic (exact) mass is 143 g/mol. The number of nitrogens with zero attached hydrogens (tertiary/aromatic N) is 1. The van der Waals surface area contributed by atoms with Crippen molar-refractivity contribution in [3.8, 4) is 0 Å². The van der Waals surface area contributed by atoms with Crippen LogP contribution in [0.2, 0.25) is 0 Å². The lowest BCUT2D eigenvalue weighted by molar-refractivity contribution is 1.32. The van der Waals surface area contributed by atoms with E-state index >= 15 is 0 Å². The maximum atomic E-state index is 3.97. The van der Waals surface area contributed by atoms with Crippen molar-refractivity contribution in [3.05, 3.63) is 48.3 Å². The van der Waals surface area contributed by atoms with Crippen molar-refractivity contribution in [1.82, 2.24) is 4.98 Å². The van der Waals surface area contributed by atoms with Crippen LogP contribution < -0.4 is 0 Å². The molecule has 0 radical (unpaired) electrons. The van der Waals surface area contributed by atoms with Gasteiger partial charge in [0.2, 0.25) is 0 Å². The van der Waals surface area contributed by atoms with Gasteiger partial charge in [-0.2, -0.15) is 0 Å². The molecule has 0 fully saturated rings. The molecule has 2 rings (SSSR count). The molecule has 0 amide bonds. The number of hydrogen-bond acceptors (Lipinski definition) is 1. The predicted molar refractivity (Wildman–Crippen MR) is 46.0 cm³/mol. The van der Waals surface area contributed by atoms with E-state index in [-0.39, 0.29) is 0 Å². The molecule has 11 heavy (non-hydrogen) atoms. The van der Waals surface area contributed by atoms with Crippen LogP contribution in [0.3, 0.4) is 0 Å². The molecule has 0 aromatic carbocycles. The van der Waals surface area contributed by atoms with E-state index in [2.05, 4.69) is 23.2 Å². The van der Waals surface area contributed by atoms with Gasteiger partial charge in [0.15, 0.2) is 0 Å². The predicted octanol–water partition coefficient (Wildman–Crippen LogP) is 2.42. The maximum Gasteiger partial charge on any atom is 0.0273 e. The van der Waals surface area contributed by atoms with Gasteiger partial charge in [0.05, 0.1) is 0 Å². The van der Waals surface area contributed by atoms with E-state index in [0.717, 1.165) is 6.42 Å². The minimum absolute atomic E-state index is 1.07. The first-order chi connectivity index (χ1) is 5.47. The Kier molecular flexibility index (Phi) is 1.56. The van der Waals surface area contributed by atoms with Gasteiger partial charge in [-0.1, -0.05) is 18.2 Å². The Balaban J connectivity index is 2.37. The third kappa shape index (κ3) is 1.22. The molecule has 0 saturated heterocycles. The van der Waals surface area contributed by atoms with Gasteiger partial charge in [0.25, 0.3) is 0 Å². The summed E-state index contributed by atoms with van der Waals surface area (Å²) >= 11 is 0. The second-order valence-electron chi connectivity index (χ2n) is 2.53. The highest BCUT2D eigenvalue weighted by Crippen LogP contribution is 2.19. The van der Waals surface area contributed by atoms with Gasteiger partial charge in [0, 0.05) is 12.4 Å².